The van der Waals surface area contributed by atoms with E-state index in [2.05, 4.69) is 19.8 Å². The fourth-order valence-corrected chi connectivity index (χ4v) is 5.45. The maximum Gasteiger partial charge on any atom is 0.278 e. The molecule has 0 radical (unpaired) electrons. The molecule has 196 valence electrons. The third-order valence-electron chi connectivity index (χ3n) is 5.27. The van der Waals surface area contributed by atoms with Crippen molar-refractivity contribution in [1.82, 2.24) is 19.6 Å². The summed E-state index contributed by atoms with van der Waals surface area (Å²) in [5.41, 5.74) is 5.61. The summed E-state index contributed by atoms with van der Waals surface area (Å²) in [6.07, 6.45) is 3.39. The number of aliphatic carboxylic acids is 1. The number of amides is 2. The van der Waals surface area contributed by atoms with Crippen molar-refractivity contribution in [2.45, 2.75) is 24.9 Å². The molecule has 2 aromatic rings. The number of thioether (sulfide) groups is 1. The number of aliphatic hydroxyl groups is 1. The maximum atomic E-state index is 13.0. The van der Waals surface area contributed by atoms with Gasteiger partial charge in [0.2, 0.25) is 11.5 Å². The van der Waals surface area contributed by atoms with Gasteiger partial charge in [0.05, 0.1) is 18.3 Å². The SMILES string of the molecule is CCON=C(C(=O)NC1C(=O)N2C(C(=O)[O-])=C(C[n+]3ccc(OCCO)cc3)CS[C@@H]12)c1nsc(N)n1. The van der Waals surface area contributed by atoms with Crippen LogP contribution in [-0.4, -0.2) is 79.8 Å². The number of carbonyl (C=O) groups is 3. The topological polar surface area (TPSA) is 196 Å². The number of carboxylic acid groups (broad SMARTS) is 1. The smallest absolute Gasteiger partial charge is 0.278 e. The molecular formula is C21H23N7O7S2. The molecule has 2 aliphatic heterocycles. The highest BCUT2D eigenvalue weighted by atomic mass is 32.2. The van der Waals surface area contributed by atoms with Gasteiger partial charge < -0.3 is 35.6 Å². The van der Waals surface area contributed by atoms with Crippen LogP contribution in [0.2, 0.25) is 0 Å². The lowest BCUT2D eigenvalue weighted by atomic mass is 10.0. The Hall–Kier alpha value is -3.76. The normalized spacial score (nSPS) is 19.2. The van der Waals surface area contributed by atoms with Crippen LogP contribution < -0.4 is 25.5 Å². The van der Waals surface area contributed by atoms with Gasteiger partial charge in [0.1, 0.15) is 30.4 Å². The summed E-state index contributed by atoms with van der Waals surface area (Å²) >= 11 is 2.19. The number of carbonyl (C=O) groups excluding carboxylic acids is 3. The van der Waals surface area contributed by atoms with Crippen LogP contribution in [0.25, 0.3) is 0 Å². The minimum Gasteiger partial charge on any atom is -0.543 e. The van der Waals surface area contributed by atoms with E-state index in [0.29, 0.717) is 17.1 Å². The molecule has 2 aliphatic rings. The number of anilines is 1. The number of nitrogen functional groups attached to an aromatic ring is 1. The molecule has 1 unspecified atom stereocenters. The standard InChI is InChI=1S/C21H23N7O7S2/c1-2-35-25-13(16-24-21(22)37-26-16)17(30)23-14-18(31)28-15(20(32)33)11(10-36-19(14)28)9-27-5-3-12(4-6-27)34-8-7-29/h3-6,14,19,29H,2,7-10H2,1H3,(H3-,22,23,24,26,30,32,33)/t14?,19-/m0/s1. The van der Waals surface area contributed by atoms with E-state index in [0.717, 1.165) is 16.4 Å². The first-order chi connectivity index (χ1) is 17.8. The number of aliphatic hydroxyl groups excluding tert-OH is 1. The molecule has 0 aliphatic carbocycles. The summed E-state index contributed by atoms with van der Waals surface area (Å²) < 4.78 is 11.0. The van der Waals surface area contributed by atoms with Crippen LogP contribution in [0, 0.1) is 0 Å². The predicted octanol–water partition coefficient (Wildman–Crippen LogP) is -2.38. The molecular weight excluding hydrogens is 526 g/mol. The highest BCUT2D eigenvalue weighted by Crippen LogP contribution is 2.40. The van der Waals surface area contributed by atoms with Gasteiger partial charge in [-0.05, 0) is 6.92 Å². The zero-order valence-electron chi connectivity index (χ0n) is 19.5. The number of β-lactam (4-membered cyclic amide) rings is 1. The second kappa shape index (κ2) is 11.5. The van der Waals surface area contributed by atoms with Crippen molar-refractivity contribution < 1.29 is 38.7 Å². The Kier molecular flexibility index (Phi) is 8.20. The monoisotopic (exact) mass is 549 g/mol. The van der Waals surface area contributed by atoms with Crippen molar-refractivity contribution in [2.24, 2.45) is 5.16 Å². The van der Waals surface area contributed by atoms with E-state index in [1.807, 2.05) is 0 Å². The molecule has 14 nitrogen and oxygen atoms in total. The average Bonchev–Trinajstić information content (AvgIpc) is 3.32. The molecule has 4 heterocycles. The zero-order valence-corrected chi connectivity index (χ0v) is 21.2. The van der Waals surface area contributed by atoms with Gasteiger partial charge in [-0.3, -0.25) is 14.5 Å². The molecule has 0 bridgehead atoms. The number of rotatable bonds is 11. The molecule has 0 spiro atoms. The van der Waals surface area contributed by atoms with Crippen LogP contribution in [0.3, 0.4) is 0 Å². The van der Waals surface area contributed by atoms with Crippen molar-refractivity contribution in [3.63, 3.8) is 0 Å². The Morgan fingerprint density at radius 2 is 2.16 bits per heavy atom. The lowest BCUT2D eigenvalue weighted by Crippen LogP contribution is -2.71. The lowest BCUT2D eigenvalue weighted by Gasteiger charge is -2.50. The molecule has 2 amide bonds. The number of hydrogen-bond donors (Lipinski definition) is 3. The second-order valence-electron chi connectivity index (χ2n) is 7.69. The van der Waals surface area contributed by atoms with Crippen molar-refractivity contribution in [1.29, 1.82) is 0 Å². The summed E-state index contributed by atoms with van der Waals surface area (Å²) in [5, 5.41) is 26.7. The van der Waals surface area contributed by atoms with E-state index in [9.17, 15) is 19.5 Å². The van der Waals surface area contributed by atoms with E-state index in [4.69, 9.17) is 20.4 Å². The van der Waals surface area contributed by atoms with Crippen LogP contribution in [0.15, 0.2) is 41.0 Å². The lowest BCUT2D eigenvalue weighted by molar-refractivity contribution is -0.689. The van der Waals surface area contributed by atoms with Crippen LogP contribution in [0.5, 0.6) is 5.75 Å². The van der Waals surface area contributed by atoms with Gasteiger partial charge in [-0.25, -0.2) is 4.57 Å². The Bertz CT molecular complexity index is 1250. The van der Waals surface area contributed by atoms with Gasteiger partial charge in [0.25, 0.3) is 11.8 Å². The van der Waals surface area contributed by atoms with Gasteiger partial charge in [0, 0.05) is 35.0 Å². The van der Waals surface area contributed by atoms with Gasteiger partial charge in [-0.2, -0.15) is 9.36 Å². The number of aromatic nitrogens is 3. The van der Waals surface area contributed by atoms with Crippen LogP contribution in [-0.2, 0) is 25.8 Å². The zero-order chi connectivity index (χ0) is 26.5. The quantitative estimate of drug-likeness (QED) is 0.117. The van der Waals surface area contributed by atoms with Crippen molar-refractivity contribution in [2.75, 3.05) is 31.3 Å². The molecule has 1 fully saturated rings. The van der Waals surface area contributed by atoms with Crippen LogP contribution >= 0.6 is 23.3 Å². The fraction of sp³-hybridized carbons (Fsp3) is 0.381. The first kappa shape index (κ1) is 26.3. The molecule has 4 rings (SSSR count). The third-order valence-corrected chi connectivity index (χ3v) is 7.16. The van der Waals surface area contributed by atoms with Crippen LogP contribution in [0.4, 0.5) is 5.13 Å². The van der Waals surface area contributed by atoms with Gasteiger partial charge in [-0.15, -0.1) is 11.8 Å². The largest absolute Gasteiger partial charge is 0.543 e. The van der Waals surface area contributed by atoms with Crippen molar-refractivity contribution >= 4 is 51.9 Å². The first-order valence-corrected chi connectivity index (χ1v) is 12.9. The first-order valence-electron chi connectivity index (χ1n) is 11.0. The van der Waals surface area contributed by atoms with Crippen LogP contribution in [0.1, 0.15) is 12.7 Å². The van der Waals surface area contributed by atoms with Gasteiger partial charge in [0.15, 0.2) is 24.1 Å². The summed E-state index contributed by atoms with van der Waals surface area (Å²) in [6.45, 7) is 2.11. The minimum atomic E-state index is -1.48. The van der Waals surface area contributed by atoms with Crippen molar-refractivity contribution in [3.05, 3.63) is 41.6 Å². The molecule has 37 heavy (non-hydrogen) atoms. The highest BCUT2D eigenvalue weighted by Gasteiger charge is 2.53. The second-order valence-corrected chi connectivity index (χ2v) is 9.58. The number of hydrogen-bond acceptors (Lipinski definition) is 13. The number of nitrogens with two attached hydrogens (primary N) is 1. The fourth-order valence-electron chi connectivity index (χ4n) is 3.68. The predicted molar refractivity (Wildman–Crippen MR) is 129 cm³/mol. The maximum absolute atomic E-state index is 13.0. The summed E-state index contributed by atoms with van der Waals surface area (Å²) in [5.74, 6) is -2.03. The number of ether oxygens (including phenoxy) is 1. The molecule has 2 aromatic heterocycles. The molecule has 0 saturated carbocycles. The summed E-state index contributed by atoms with van der Waals surface area (Å²) in [7, 11) is 0. The molecule has 0 aromatic carbocycles. The molecule has 1 saturated heterocycles. The minimum absolute atomic E-state index is 0.0456. The Labute approximate surface area is 218 Å². The van der Waals surface area contributed by atoms with Crippen molar-refractivity contribution in [3.8, 4) is 5.75 Å². The number of oxime groups is 1. The molecule has 16 heteroatoms. The van der Waals surface area contributed by atoms with Gasteiger partial charge in [-0.1, -0.05) is 5.16 Å². The molecule has 4 N–H and O–H groups in total. The van der Waals surface area contributed by atoms with E-state index in [1.54, 1.807) is 36.0 Å². The van der Waals surface area contributed by atoms with E-state index >= 15 is 0 Å². The Morgan fingerprint density at radius 3 is 2.78 bits per heavy atom. The third kappa shape index (κ3) is 5.65. The van der Waals surface area contributed by atoms with E-state index in [1.165, 1.54) is 11.8 Å². The van der Waals surface area contributed by atoms with Gasteiger partial charge >= 0.3 is 0 Å². The van der Waals surface area contributed by atoms with E-state index in [-0.39, 0.29) is 48.7 Å². The highest BCUT2D eigenvalue weighted by molar-refractivity contribution is 8.00. The van der Waals surface area contributed by atoms with E-state index < -0.39 is 29.2 Å². The summed E-state index contributed by atoms with van der Waals surface area (Å²) in [6, 6.07) is 2.37. The average molecular weight is 550 g/mol. The number of nitrogens with one attached hydrogen (secondary N) is 1. The number of nitrogens with zero attached hydrogens (tertiary/aromatic N) is 5. The molecule has 2 atom stereocenters. The number of carboxylic acids is 1. The number of pyridine rings is 1. The Balaban J connectivity index is 1.49. The Morgan fingerprint density at radius 1 is 1.41 bits per heavy atom. The summed E-state index contributed by atoms with van der Waals surface area (Å²) in [4.78, 5) is 48.0. The number of fused-ring (bicyclic) bond motifs is 1.